The standard InChI is InChI=1S/C20H28N8.HI/c1-2-21-20(22-10-5-6-12-27-16-24-25-17-27)23-14-18-8-3-4-9-19(18)15-28-13-7-11-26-28;/h3-4,7-9,11,13,16-17H,2,5-6,10,12,14-15H2,1H3,(H2,21,22,23);1H. The van der Waals surface area contributed by atoms with Gasteiger partial charge in [-0.2, -0.15) is 5.10 Å². The third-order valence-corrected chi connectivity index (χ3v) is 4.36. The van der Waals surface area contributed by atoms with Gasteiger partial charge in [0.1, 0.15) is 12.7 Å². The zero-order valence-electron chi connectivity index (χ0n) is 16.7. The number of guanidine groups is 1. The van der Waals surface area contributed by atoms with Gasteiger partial charge in [-0.25, -0.2) is 4.99 Å². The largest absolute Gasteiger partial charge is 0.357 e. The maximum atomic E-state index is 4.76. The molecule has 8 nitrogen and oxygen atoms in total. The molecule has 0 aliphatic rings. The van der Waals surface area contributed by atoms with Gasteiger partial charge < -0.3 is 15.2 Å². The van der Waals surface area contributed by atoms with Gasteiger partial charge in [-0.1, -0.05) is 24.3 Å². The number of benzene rings is 1. The summed E-state index contributed by atoms with van der Waals surface area (Å²) < 4.78 is 3.93. The molecule has 156 valence electrons. The van der Waals surface area contributed by atoms with E-state index in [9.17, 15) is 0 Å². The molecular weight excluding hydrogens is 479 g/mol. The number of halogens is 1. The van der Waals surface area contributed by atoms with Crippen molar-refractivity contribution in [2.45, 2.75) is 39.4 Å². The van der Waals surface area contributed by atoms with E-state index in [1.807, 2.05) is 21.5 Å². The van der Waals surface area contributed by atoms with E-state index >= 15 is 0 Å². The number of hydrogen-bond donors (Lipinski definition) is 2. The molecule has 0 unspecified atom stereocenters. The van der Waals surface area contributed by atoms with Crippen molar-refractivity contribution in [3.8, 4) is 0 Å². The smallest absolute Gasteiger partial charge is 0.191 e. The fourth-order valence-corrected chi connectivity index (χ4v) is 2.90. The second-order valence-electron chi connectivity index (χ2n) is 6.50. The van der Waals surface area contributed by atoms with Gasteiger partial charge in [0.05, 0.1) is 13.1 Å². The molecule has 2 heterocycles. The molecule has 3 rings (SSSR count). The zero-order valence-corrected chi connectivity index (χ0v) is 19.1. The molecule has 0 spiro atoms. The van der Waals surface area contributed by atoms with Crippen LogP contribution in [0.3, 0.4) is 0 Å². The molecule has 0 bridgehead atoms. The van der Waals surface area contributed by atoms with E-state index < -0.39 is 0 Å². The van der Waals surface area contributed by atoms with Crippen LogP contribution in [0.15, 0.2) is 60.4 Å². The van der Waals surface area contributed by atoms with Crippen molar-refractivity contribution >= 4 is 29.9 Å². The van der Waals surface area contributed by atoms with E-state index in [1.54, 1.807) is 18.9 Å². The second kappa shape index (κ2) is 12.9. The summed E-state index contributed by atoms with van der Waals surface area (Å²) in [5, 5.41) is 18.7. The van der Waals surface area contributed by atoms with Crippen molar-refractivity contribution in [1.82, 2.24) is 35.2 Å². The van der Waals surface area contributed by atoms with Gasteiger partial charge in [0.2, 0.25) is 0 Å². The van der Waals surface area contributed by atoms with E-state index in [0.717, 1.165) is 45.0 Å². The summed E-state index contributed by atoms with van der Waals surface area (Å²) in [4.78, 5) is 4.76. The number of rotatable bonds is 10. The minimum Gasteiger partial charge on any atom is -0.357 e. The summed E-state index contributed by atoms with van der Waals surface area (Å²) in [5.74, 6) is 0.848. The molecule has 1 aromatic carbocycles. The Morgan fingerprint density at radius 3 is 2.55 bits per heavy atom. The summed E-state index contributed by atoms with van der Waals surface area (Å²) in [6.45, 7) is 6.11. The third-order valence-electron chi connectivity index (χ3n) is 4.36. The Balaban J connectivity index is 0.00000300. The van der Waals surface area contributed by atoms with Crippen molar-refractivity contribution < 1.29 is 0 Å². The summed E-state index contributed by atoms with van der Waals surface area (Å²) >= 11 is 0. The summed E-state index contributed by atoms with van der Waals surface area (Å²) in [5.41, 5.74) is 2.45. The lowest BCUT2D eigenvalue weighted by atomic mass is 10.1. The number of hydrogen-bond acceptors (Lipinski definition) is 4. The van der Waals surface area contributed by atoms with Crippen molar-refractivity contribution in [3.63, 3.8) is 0 Å². The lowest BCUT2D eigenvalue weighted by Crippen LogP contribution is -2.37. The average Bonchev–Trinajstić information content (AvgIpc) is 3.41. The highest BCUT2D eigenvalue weighted by Gasteiger charge is 2.04. The predicted molar refractivity (Wildman–Crippen MR) is 125 cm³/mol. The molecule has 0 fully saturated rings. The van der Waals surface area contributed by atoms with E-state index in [1.165, 1.54) is 11.1 Å². The molecule has 0 radical (unpaired) electrons. The lowest BCUT2D eigenvalue weighted by Gasteiger charge is -2.12. The van der Waals surface area contributed by atoms with Crippen LogP contribution in [0.5, 0.6) is 0 Å². The van der Waals surface area contributed by atoms with Gasteiger partial charge in [-0.15, -0.1) is 34.2 Å². The average molecular weight is 508 g/mol. The molecule has 0 aliphatic heterocycles. The SMILES string of the molecule is CCNC(=NCc1ccccc1Cn1cccn1)NCCCCn1cnnc1.I. The van der Waals surface area contributed by atoms with Crippen LogP contribution >= 0.6 is 24.0 Å². The van der Waals surface area contributed by atoms with Crippen LogP contribution < -0.4 is 10.6 Å². The molecule has 29 heavy (non-hydrogen) atoms. The number of aromatic nitrogens is 5. The minimum absolute atomic E-state index is 0. The normalized spacial score (nSPS) is 11.1. The van der Waals surface area contributed by atoms with E-state index in [2.05, 4.69) is 57.1 Å². The minimum atomic E-state index is 0. The van der Waals surface area contributed by atoms with Crippen LogP contribution in [-0.4, -0.2) is 43.6 Å². The Kier molecular flexibility index (Phi) is 10.2. The molecule has 0 aliphatic carbocycles. The fraction of sp³-hybridized carbons (Fsp3) is 0.400. The Morgan fingerprint density at radius 2 is 1.83 bits per heavy atom. The maximum absolute atomic E-state index is 4.76. The molecule has 0 amide bonds. The number of aliphatic imine (C=N–C) groups is 1. The second-order valence-corrected chi connectivity index (χ2v) is 6.50. The molecule has 0 saturated heterocycles. The van der Waals surface area contributed by atoms with Crippen molar-refractivity contribution in [1.29, 1.82) is 0 Å². The Bertz CT molecular complexity index is 830. The topological polar surface area (TPSA) is 85.0 Å². The molecule has 3 aromatic rings. The molecule has 0 atom stereocenters. The molecule has 9 heteroatoms. The number of nitrogens with one attached hydrogen (secondary N) is 2. The van der Waals surface area contributed by atoms with Crippen molar-refractivity contribution in [2.24, 2.45) is 4.99 Å². The van der Waals surface area contributed by atoms with Crippen molar-refractivity contribution in [2.75, 3.05) is 13.1 Å². The van der Waals surface area contributed by atoms with Gasteiger partial charge >= 0.3 is 0 Å². The summed E-state index contributed by atoms with van der Waals surface area (Å²) in [7, 11) is 0. The highest BCUT2D eigenvalue weighted by molar-refractivity contribution is 14.0. The van der Waals surface area contributed by atoms with Crippen LogP contribution in [0.4, 0.5) is 0 Å². The van der Waals surface area contributed by atoms with Crippen LogP contribution in [-0.2, 0) is 19.6 Å². The first-order valence-corrected chi connectivity index (χ1v) is 9.74. The van der Waals surface area contributed by atoms with Crippen molar-refractivity contribution in [3.05, 3.63) is 66.5 Å². The molecular formula is C20H29IN8. The van der Waals surface area contributed by atoms with Gasteiger partial charge in [0.25, 0.3) is 0 Å². The number of aryl methyl sites for hydroxylation is 1. The molecule has 2 N–H and O–H groups in total. The van der Waals surface area contributed by atoms with Gasteiger partial charge in [-0.05, 0) is 37.0 Å². The van der Waals surface area contributed by atoms with Crippen LogP contribution in [0.2, 0.25) is 0 Å². The number of nitrogens with zero attached hydrogens (tertiary/aromatic N) is 6. The Labute approximate surface area is 188 Å². The summed E-state index contributed by atoms with van der Waals surface area (Å²) in [6.07, 6.45) is 9.40. The van der Waals surface area contributed by atoms with E-state index in [4.69, 9.17) is 4.99 Å². The highest BCUT2D eigenvalue weighted by Crippen LogP contribution is 2.11. The summed E-state index contributed by atoms with van der Waals surface area (Å²) in [6, 6.07) is 10.3. The van der Waals surface area contributed by atoms with Crippen LogP contribution in [0, 0.1) is 0 Å². The number of unbranched alkanes of at least 4 members (excludes halogenated alkanes) is 1. The lowest BCUT2D eigenvalue weighted by molar-refractivity contribution is 0.597. The first-order chi connectivity index (χ1) is 13.8. The fourth-order valence-electron chi connectivity index (χ4n) is 2.90. The zero-order chi connectivity index (χ0) is 19.4. The first kappa shape index (κ1) is 22.9. The van der Waals surface area contributed by atoms with E-state index in [0.29, 0.717) is 6.54 Å². The van der Waals surface area contributed by atoms with Gasteiger partial charge in [0.15, 0.2) is 5.96 Å². The molecule has 2 aromatic heterocycles. The Morgan fingerprint density at radius 1 is 1.03 bits per heavy atom. The molecule has 0 saturated carbocycles. The highest BCUT2D eigenvalue weighted by atomic mass is 127. The van der Waals surface area contributed by atoms with E-state index in [-0.39, 0.29) is 24.0 Å². The van der Waals surface area contributed by atoms with Crippen LogP contribution in [0.1, 0.15) is 30.9 Å². The maximum Gasteiger partial charge on any atom is 0.191 e. The van der Waals surface area contributed by atoms with Gasteiger partial charge in [0, 0.05) is 32.0 Å². The quantitative estimate of drug-likeness (QED) is 0.191. The predicted octanol–water partition coefficient (Wildman–Crippen LogP) is 2.68. The Hall–Kier alpha value is -2.43. The first-order valence-electron chi connectivity index (χ1n) is 9.74. The monoisotopic (exact) mass is 508 g/mol. The third kappa shape index (κ3) is 7.84. The van der Waals surface area contributed by atoms with Gasteiger partial charge in [-0.3, -0.25) is 4.68 Å². The van der Waals surface area contributed by atoms with Crippen LogP contribution in [0.25, 0.3) is 0 Å².